The van der Waals surface area contributed by atoms with Gasteiger partial charge in [0.2, 0.25) is 18.3 Å². The molecule has 2 saturated heterocycles. The van der Waals surface area contributed by atoms with Gasteiger partial charge in [-0.05, 0) is 12.1 Å². The van der Waals surface area contributed by atoms with E-state index in [-0.39, 0.29) is 52.1 Å². The van der Waals surface area contributed by atoms with Crippen molar-refractivity contribution in [1.82, 2.24) is 0 Å². The lowest BCUT2D eigenvalue weighted by Gasteiger charge is -2.39. The summed E-state index contributed by atoms with van der Waals surface area (Å²) in [5.74, 6) is -0.645. The Labute approximate surface area is 237 Å². The molecule has 2 aliphatic heterocycles. The van der Waals surface area contributed by atoms with Crippen LogP contribution in [0.2, 0.25) is 0 Å². The maximum atomic E-state index is 10.5. The summed E-state index contributed by atoms with van der Waals surface area (Å²) in [6, 6.07) is 8.00. The van der Waals surface area contributed by atoms with Crippen molar-refractivity contribution in [3.05, 3.63) is 36.4 Å². The smallest absolute Gasteiger partial charge is 0.402 e. The van der Waals surface area contributed by atoms with E-state index in [9.17, 15) is 46.0 Å². The molecule has 3 heterocycles. The number of phenols is 2. The molecule has 0 amide bonds. The van der Waals surface area contributed by atoms with Crippen molar-refractivity contribution in [2.75, 3.05) is 20.3 Å². The molecule has 0 radical (unpaired) electrons. The fraction of sp³-hybridized carbons (Fsp3) is 0.444. The van der Waals surface area contributed by atoms with Gasteiger partial charge in [0.15, 0.2) is 11.5 Å². The first-order valence-corrected chi connectivity index (χ1v) is 12.8. The van der Waals surface area contributed by atoms with Gasteiger partial charge in [-0.15, -0.1) is 0 Å². The van der Waals surface area contributed by atoms with Gasteiger partial charge in [0.05, 0.1) is 32.0 Å². The zero-order valence-corrected chi connectivity index (χ0v) is 22.0. The highest BCUT2D eigenvalue weighted by atomic mass is 16.7. The molecule has 9 atom stereocenters. The second kappa shape index (κ2) is 12.0. The van der Waals surface area contributed by atoms with E-state index in [1.807, 2.05) is 0 Å². The summed E-state index contributed by atoms with van der Waals surface area (Å²) in [4.78, 5) is 0. The van der Waals surface area contributed by atoms with Crippen LogP contribution in [0, 0.1) is 0 Å². The average Bonchev–Trinajstić information content (AvgIpc) is 2.97. The van der Waals surface area contributed by atoms with Gasteiger partial charge in [-0.25, -0.2) is 4.42 Å². The second-order valence-corrected chi connectivity index (χ2v) is 9.87. The number of rotatable bonds is 7. The van der Waals surface area contributed by atoms with Crippen molar-refractivity contribution in [3.8, 4) is 40.1 Å². The fourth-order valence-electron chi connectivity index (χ4n) is 4.67. The number of hydrogen-bond donors (Lipinski definition) is 9. The Kier molecular flexibility index (Phi) is 8.56. The van der Waals surface area contributed by atoms with Crippen molar-refractivity contribution in [2.45, 2.75) is 55.3 Å². The van der Waals surface area contributed by atoms with Crippen molar-refractivity contribution >= 4 is 11.0 Å². The molecule has 0 spiro atoms. The number of phenolic OH excluding ortho intramolecular Hbond substituents is 2. The van der Waals surface area contributed by atoms with Gasteiger partial charge in [-0.2, -0.15) is 0 Å². The Hall–Kier alpha value is -3.51. The molecule has 228 valence electrons. The standard InChI is InChI=1S/C27H30O15/c1-37-17-4-10(2-3-13(17)30)25-18(41-26-23(35)20(32)14(31)9-38-26)7-12-15(39-25)5-11(29)6-16(12)40-27-24(36)22(34)21(33)19(8-28)42-27/h2-7,14,19-24,26-28,31-36H,8-9H2,1H3,(H-,29,30)/p+1/t14-,19+,20-,21+,22-,23+,24+,26-,27+/m0/s1. The second-order valence-electron chi connectivity index (χ2n) is 9.87. The highest BCUT2D eigenvalue weighted by Crippen LogP contribution is 2.43. The SMILES string of the molecule is COc1cc(-c2[o+]c3cc(O)cc(O[C@@H]4O[C@H](CO)[C@@H](O)[C@H](O)[C@H]4O)c3cc2O[C@@H]2OC[C@H](O)[C@H](O)[C@H]2O)ccc1O. The van der Waals surface area contributed by atoms with Crippen LogP contribution >= 0.6 is 0 Å². The Morgan fingerprint density at radius 1 is 0.810 bits per heavy atom. The summed E-state index contributed by atoms with van der Waals surface area (Å²) >= 11 is 0. The first-order valence-electron chi connectivity index (χ1n) is 12.8. The molecule has 0 bridgehead atoms. The van der Waals surface area contributed by atoms with Crippen molar-refractivity contribution in [3.63, 3.8) is 0 Å². The lowest BCUT2D eigenvalue weighted by Crippen LogP contribution is -2.60. The van der Waals surface area contributed by atoms with Crippen LogP contribution in [0.15, 0.2) is 40.8 Å². The quantitative estimate of drug-likeness (QED) is 0.146. The Bertz CT molecular complexity index is 1410. The predicted octanol–water partition coefficient (Wildman–Crippen LogP) is -1.20. The summed E-state index contributed by atoms with van der Waals surface area (Å²) < 4.78 is 33.7. The van der Waals surface area contributed by atoms with Gasteiger partial charge in [-0.1, -0.05) is 0 Å². The Morgan fingerprint density at radius 3 is 2.24 bits per heavy atom. The molecular formula is C27H31O15+. The van der Waals surface area contributed by atoms with Crippen molar-refractivity contribution < 1.29 is 74.1 Å². The number of aliphatic hydroxyl groups excluding tert-OH is 7. The molecule has 0 saturated carbocycles. The number of ether oxygens (including phenoxy) is 5. The molecule has 0 aliphatic carbocycles. The van der Waals surface area contributed by atoms with E-state index in [1.165, 1.54) is 37.4 Å². The van der Waals surface area contributed by atoms with Crippen LogP contribution < -0.4 is 14.2 Å². The van der Waals surface area contributed by atoms with E-state index in [1.54, 1.807) is 0 Å². The number of methoxy groups -OCH3 is 1. The fourth-order valence-corrected chi connectivity index (χ4v) is 4.67. The van der Waals surface area contributed by atoms with Crippen molar-refractivity contribution in [1.29, 1.82) is 0 Å². The first-order chi connectivity index (χ1) is 20.0. The monoisotopic (exact) mass is 595 g/mol. The van der Waals surface area contributed by atoms with E-state index in [0.717, 1.165) is 6.07 Å². The topological polar surface area (TPSA) is 240 Å². The molecule has 9 N–H and O–H groups in total. The number of aliphatic hydroxyl groups is 7. The van der Waals surface area contributed by atoms with E-state index < -0.39 is 61.9 Å². The first kappa shape index (κ1) is 30.0. The van der Waals surface area contributed by atoms with Gasteiger partial charge >= 0.3 is 11.3 Å². The maximum Gasteiger partial charge on any atom is 0.402 e. The van der Waals surface area contributed by atoms with Crippen LogP contribution in [0.3, 0.4) is 0 Å². The summed E-state index contributed by atoms with van der Waals surface area (Å²) in [7, 11) is 1.34. The van der Waals surface area contributed by atoms with Crippen LogP contribution in [0.5, 0.6) is 28.7 Å². The van der Waals surface area contributed by atoms with Crippen LogP contribution in [0.25, 0.3) is 22.3 Å². The Morgan fingerprint density at radius 2 is 1.52 bits per heavy atom. The maximum absolute atomic E-state index is 10.5. The normalized spacial score (nSPS) is 31.6. The minimum absolute atomic E-state index is 0.00148. The molecule has 1 aromatic heterocycles. The van der Waals surface area contributed by atoms with Gasteiger partial charge < -0.3 is 69.6 Å². The average molecular weight is 596 g/mol. The highest BCUT2D eigenvalue weighted by Gasteiger charge is 2.45. The van der Waals surface area contributed by atoms with Gasteiger partial charge in [-0.3, -0.25) is 0 Å². The number of benzene rings is 2. The van der Waals surface area contributed by atoms with Gasteiger partial charge in [0.25, 0.3) is 0 Å². The summed E-state index contributed by atoms with van der Waals surface area (Å²) in [6.07, 6.45) is -14.0. The Balaban J connectivity index is 1.61. The van der Waals surface area contributed by atoms with Crippen LogP contribution in [0.4, 0.5) is 0 Å². The van der Waals surface area contributed by atoms with Gasteiger partial charge in [0, 0.05) is 18.2 Å². The third-order valence-electron chi connectivity index (χ3n) is 7.03. The molecule has 2 aromatic carbocycles. The van der Waals surface area contributed by atoms with Gasteiger partial charge in [0.1, 0.15) is 59.6 Å². The van der Waals surface area contributed by atoms with E-state index in [2.05, 4.69) is 0 Å². The molecular weight excluding hydrogens is 564 g/mol. The van der Waals surface area contributed by atoms with E-state index in [0.29, 0.717) is 5.56 Å². The third kappa shape index (κ3) is 5.61. The summed E-state index contributed by atoms with van der Waals surface area (Å²) in [6.45, 7) is -1.04. The van der Waals surface area contributed by atoms with Crippen LogP contribution in [0.1, 0.15) is 0 Å². The van der Waals surface area contributed by atoms with E-state index >= 15 is 0 Å². The van der Waals surface area contributed by atoms with Crippen molar-refractivity contribution in [2.24, 2.45) is 0 Å². The third-order valence-corrected chi connectivity index (χ3v) is 7.03. The summed E-state index contributed by atoms with van der Waals surface area (Å²) in [5, 5.41) is 91.3. The zero-order chi connectivity index (χ0) is 30.3. The number of aromatic hydroxyl groups is 2. The molecule has 3 aromatic rings. The lowest BCUT2D eigenvalue weighted by molar-refractivity contribution is -0.277. The number of fused-ring (bicyclic) bond motifs is 1. The lowest BCUT2D eigenvalue weighted by atomic mass is 9.99. The molecule has 15 heteroatoms. The number of hydrogen-bond acceptors (Lipinski definition) is 14. The molecule has 2 aliphatic rings. The molecule has 42 heavy (non-hydrogen) atoms. The minimum atomic E-state index is -1.75. The zero-order valence-electron chi connectivity index (χ0n) is 22.0. The minimum Gasteiger partial charge on any atom is -0.507 e. The largest absolute Gasteiger partial charge is 0.507 e. The molecule has 5 rings (SSSR count). The van der Waals surface area contributed by atoms with E-state index in [4.69, 9.17) is 28.1 Å². The molecule has 15 nitrogen and oxygen atoms in total. The predicted molar refractivity (Wildman–Crippen MR) is 139 cm³/mol. The summed E-state index contributed by atoms with van der Waals surface area (Å²) in [5.41, 5.74) is 0.330. The van der Waals surface area contributed by atoms with Crippen LogP contribution in [-0.2, 0) is 9.47 Å². The highest BCUT2D eigenvalue weighted by molar-refractivity contribution is 5.89. The molecule has 2 fully saturated rings. The van der Waals surface area contributed by atoms with Crippen LogP contribution in [-0.4, -0.2) is 122 Å². The molecule has 0 unspecified atom stereocenters.